The molecule has 1 aromatic rings. The van der Waals surface area contributed by atoms with Gasteiger partial charge in [0.05, 0.1) is 5.60 Å². The largest absolute Gasteiger partial charge is 0.388 e. The molecule has 1 aromatic heterocycles. The lowest BCUT2D eigenvalue weighted by atomic mass is 9.93. The first kappa shape index (κ1) is 19.8. The Morgan fingerprint density at radius 1 is 1.22 bits per heavy atom. The summed E-state index contributed by atoms with van der Waals surface area (Å²) in [6.45, 7) is 5.49. The molecule has 0 spiro atoms. The number of nitrogens with one attached hydrogen (secondary N) is 1. The Labute approximate surface area is 160 Å². The molecule has 0 aromatic carbocycles. The van der Waals surface area contributed by atoms with Crippen LogP contribution in [0.2, 0.25) is 0 Å². The van der Waals surface area contributed by atoms with E-state index >= 15 is 0 Å². The smallest absolute Gasteiger partial charge is 0.244 e. The number of piperidine rings is 1. The maximum atomic E-state index is 12.5. The quantitative estimate of drug-likeness (QED) is 0.766. The van der Waals surface area contributed by atoms with Crippen molar-refractivity contribution >= 4 is 11.8 Å². The van der Waals surface area contributed by atoms with E-state index in [-0.39, 0.29) is 24.4 Å². The minimum atomic E-state index is -0.748. The second-order valence-electron chi connectivity index (χ2n) is 7.91. The van der Waals surface area contributed by atoms with Gasteiger partial charge in [-0.3, -0.25) is 14.3 Å². The van der Waals surface area contributed by atoms with Crippen molar-refractivity contribution in [1.82, 2.24) is 24.9 Å². The highest BCUT2D eigenvalue weighted by atomic mass is 16.3. The maximum absolute atomic E-state index is 12.5. The lowest BCUT2D eigenvalue weighted by Crippen LogP contribution is -2.50. The Kier molecular flexibility index (Phi) is 6.49. The zero-order valence-electron chi connectivity index (χ0n) is 16.1. The summed E-state index contributed by atoms with van der Waals surface area (Å²) in [5.74, 6) is 0.0785. The summed E-state index contributed by atoms with van der Waals surface area (Å²) in [5, 5.41) is 18.2. The Morgan fingerprint density at radius 3 is 2.67 bits per heavy atom. The molecule has 8 nitrogen and oxygen atoms in total. The standard InChI is InChI=1S/C19H31N5O3/c1-16(25)21-17-4-11-22(12-5-17)15-19(27)6-2-9-23(13-7-19)18(26)14-24-10-3-8-20-24/h3,8,10,17,27H,2,4-7,9,11-15H2,1H3,(H,21,25). The van der Waals surface area contributed by atoms with Gasteiger partial charge in [0.1, 0.15) is 6.54 Å². The molecule has 2 N–H and O–H groups in total. The van der Waals surface area contributed by atoms with Gasteiger partial charge in [-0.2, -0.15) is 5.10 Å². The highest BCUT2D eigenvalue weighted by Gasteiger charge is 2.34. The van der Waals surface area contributed by atoms with Crippen LogP contribution in [-0.4, -0.2) is 80.9 Å². The molecule has 0 bridgehead atoms. The molecule has 2 fully saturated rings. The van der Waals surface area contributed by atoms with Gasteiger partial charge in [-0.05, 0) is 38.2 Å². The topological polar surface area (TPSA) is 90.7 Å². The van der Waals surface area contributed by atoms with Crippen molar-refractivity contribution in [2.24, 2.45) is 0 Å². The van der Waals surface area contributed by atoms with Crippen molar-refractivity contribution in [3.63, 3.8) is 0 Å². The van der Waals surface area contributed by atoms with Crippen LogP contribution < -0.4 is 5.32 Å². The molecule has 2 aliphatic rings. The van der Waals surface area contributed by atoms with Crippen molar-refractivity contribution in [1.29, 1.82) is 0 Å². The molecule has 3 heterocycles. The van der Waals surface area contributed by atoms with E-state index in [0.717, 1.165) is 32.4 Å². The molecule has 3 rings (SSSR count). The lowest BCUT2D eigenvalue weighted by Gasteiger charge is -2.38. The molecule has 8 heteroatoms. The number of rotatable bonds is 5. The minimum Gasteiger partial charge on any atom is -0.388 e. The number of aromatic nitrogens is 2. The Balaban J connectivity index is 1.46. The van der Waals surface area contributed by atoms with E-state index in [1.165, 1.54) is 0 Å². The summed E-state index contributed by atoms with van der Waals surface area (Å²) in [6, 6.07) is 2.06. The fourth-order valence-corrected chi connectivity index (χ4v) is 4.16. The van der Waals surface area contributed by atoms with Crippen molar-refractivity contribution in [3.8, 4) is 0 Å². The number of carbonyl (C=O) groups is 2. The predicted molar refractivity (Wildman–Crippen MR) is 101 cm³/mol. The summed E-state index contributed by atoms with van der Waals surface area (Å²) in [7, 11) is 0. The van der Waals surface area contributed by atoms with Gasteiger partial charge in [-0.15, -0.1) is 0 Å². The molecule has 1 unspecified atom stereocenters. The SMILES string of the molecule is CC(=O)NC1CCN(CC2(O)CCCN(C(=O)Cn3cccn3)CC2)CC1. The number of aliphatic hydroxyl groups is 1. The zero-order chi connectivity index (χ0) is 19.3. The predicted octanol–water partition coefficient (Wildman–Crippen LogP) is 0.227. The van der Waals surface area contributed by atoms with Crippen LogP contribution in [0.5, 0.6) is 0 Å². The number of nitrogens with zero attached hydrogens (tertiary/aromatic N) is 4. The van der Waals surface area contributed by atoms with Gasteiger partial charge in [0, 0.05) is 58.1 Å². The summed E-state index contributed by atoms with van der Waals surface area (Å²) >= 11 is 0. The average Bonchev–Trinajstić information content (AvgIpc) is 3.04. The van der Waals surface area contributed by atoms with Gasteiger partial charge in [0.15, 0.2) is 0 Å². The third kappa shape index (κ3) is 5.77. The monoisotopic (exact) mass is 377 g/mol. The fourth-order valence-electron chi connectivity index (χ4n) is 4.16. The molecule has 2 amide bonds. The molecule has 0 saturated carbocycles. The molecule has 2 saturated heterocycles. The van der Waals surface area contributed by atoms with Crippen LogP contribution >= 0.6 is 0 Å². The van der Waals surface area contributed by atoms with Crippen LogP contribution in [0, 0.1) is 0 Å². The van der Waals surface area contributed by atoms with E-state index in [4.69, 9.17) is 0 Å². The number of carbonyl (C=O) groups excluding carboxylic acids is 2. The number of β-amino-alcohol motifs (C(OH)–C–C–N with tert-alkyl or cyclic N) is 1. The van der Waals surface area contributed by atoms with Crippen molar-refractivity contribution in [2.75, 3.05) is 32.7 Å². The van der Waals surface area contributed by atoms with Gasteiger partial charge in [0.2, 0.25) is 11.8 Å². The van der Waals surface area contributed by atoms with Gasteiger partial charge < -0.3 is 20.2 Å². The van der Waals surface area contributed by atoms with Crippen LogP contribution in [0.4, 0.5) is 0 Å². The lowest BCUT2D eigenvalue weighted by molar-refractivity contribution is -0.132. The molecule has 27 heavy (non-hydrogen) atoms. The molecule has 0 radical (unpaired) electrons. The summed E-state index contributed by atoms with van der Waals surface area (Å²) in [4.78, 5) is 27.8. The molecular formula is C19H31N5O3. The zero-order valence-corrected chi connectivity index (χ0v) is 16.1. The van der Waals surface area contributed by atoms with Gasteiger partial charge in [0.25, 0.3) is 0 Å². The third-order valence-corrected chi connectivity index (χ3v) is 5.64. The number of likely N-dealkylation sites (tertiary alicyclic amines) is 2. The number of hydrogen-bond acceptors (Lipinski definition) is 5. The summed E-state index contributed by atoms with van der Waals surface area (Å²) in [5.41, 5.74) is -0.748. The van der Waals surface area contributed by atoms with Gasteiger partial charge >= 0.3 is 0 Å². The number of hydrogen-bond donors (Lipinski definition) is 2. The molecule has 2 aliphatic heterocycles. The second kappa shape index (κ2) is 8.84. The molecular weight excluding hydrogens is 346 g/mol. The van der Waals surface area contributed by atoms with E-state index in [1.807, 2.05) is 11.0 Å². The van der Waals surface area contributed by atoms with E-state index in [9.17, 15) is 14.7 Å². The summed E-state index contributed by atoms with van der Waals surface area (Å²) in [6.07, 6.45) is 7.42. The first-order chi connectivity index (χ1) is 12.9. The van der Waals surface area contributed by atoms with Crippen LogP contribution in [0.1, 0.15) is 39.0 Å². The van der Waals surface area contributed by atoms with E-state index in [2.05, 4.69) is 15.3 Å². The van der Waals surface area contributed by atoms with Crippen LogP contribution in [-0.2, 0) is 16.1 Å². The highest BCUT2D eigenvalue weighted by molar-refractivity contribution is 5.76. The molecule has 150 valence electrons. The van der Waals surface area contributed by atoms with E-state index in [0.29, 0.717) is 32.5 Å². The van der Waals surface area contributed by atoms with Crippen molar-refractivity contribution in [2.45, 2.75) is 57.2 Å². The van der Waals surface area contributed by atoms with Crippen molar-refractivity contribution < 1.29 is 14.7 Å². The van der Waals surface area contributed by atoms with Crippen LogP contribution in [0.25, 0.3) is 0 Å². The molecule has 1 atom stereocenters. The minimum absolute atomic E-state index is 0.0238. The number of amides is 2. The third-order valence-electron chi connectivity index (χ3n) is 5.64. The van der Waals surface area contributed by atoms with E-state index < -0.39 is 5.60 Å². The first-order valence-electron chi connectivity index (χ1n) is 9.91. The summed E-state index contributed by atoms with van der Waals surface area (Å²) < 4.78 is 1.64. The fraction of sp³-hybridized carbons (Fsp3) is 0.737. The Bertz CT molecular complexity index is 627. The maximum Gasteiger partial charge on any atom is 0.244 e. The van der Waals surface area contributed by atoms with E-state index in [1.54, 1.807) is 24.0 Å². The Morgan fingerprint density at radius 2 is 2.00 bits per heavy atom. The Hall–Kier alpha value is -1.93. The van der Waals surface area contributed by atoms with Crippen molar-refractivity contribution in [3.05, 3.63) is 18.5 Å². The van der Waals surface area contributed by atoms with Gasteiger partial charge in [-0.1, -0.05) is 0 Å². The van der Waals surface area contributed by atoms with Gasteiger partial charge in [-0.25, -0.2) is 0 Å². The average molecular weight is 377 g/mol. The van der Waals surface area contributed by atoms with Crippen LogP contribution in [0.3, 0.4) is 0 Å². The second-order valence-corrected chi connectivity index (χ2v) is 7.91. The first-order valence-corrected chi connectivity index (χ1v) is 9.91. The molecule has 0 aliphatic carbocycles. The normalized spacial score (nSPS) is 25.2. The highest BCUT2D eigenvalue weighted by Crippen LogP contribution is 2.25. The van der Waals surface area contributed by atoms with Crippen LogP contribution in [0.15, 0.2) is 18.5 Å².